The van der Waals surface area contributed by atoms with Crippen molar-refractivity contribution in [1.82, 2.24) is 10.2 Å². The van der Waals surface area contributed by atoms with Gasteiger partial charge in [0, 0.05) is 19.7 Å². The Morgan fingerprint density at radius 3 is 2.26 bits per heavy atom. The maximum Gasteiger partial charge on any atom is 0.0628 e. The van der Waals surface area contributed by atoms with Crippen LogP contribution >= 0.6 is 0 Å². The van der Waals surface area contributed by atoms with Crippen molar-refractivity contribution < 1.29 is 4.74 Å². The summed E-state index contributed by atoms with van der Waals surface area (Å²) < 4.78 is 5.34. The van der Waals surface area contributed by atoms with E-state index in [1.54, 1.807) is 7.11 Å². The molecular formula is C16H34N2O. The Hall–Kier alpha value is -0.120. The van der Waals surface area contributed by atoms with E-state index in [4.69, 9.17) is 4.74 Å². The van der Waals surface area contributed by atoms with E-state index in [0.29, 0.717) is 11.5 Å². The second-order valence-electron chi connectivity index (χ2n) is 6.11. The van der Waals surface area contributed by atoms with Crippen LogP contribution in [0.4, 0.5) is 0 Å². The highest BCUT2D eigenvalue weighted by Gasteiger charge is 2.31. The SMILES string of the molecule is CCCNC(COC)CN1CCC(CC)(CC)CC1. The first-order chi connectivity index (χ1) is 9.19. The zero-order valence-corrected chi connectivity index (χ0v) is 13.5. The lowest BCUT2D eigenvalue weighted by Crippen LogP contribution is -2.48. The Morgan fingerprint density at radius 1 is 1.16 bits per heavy atom. The number of likely N-dealkylation sites (tertiary alicyclic amines) is 1. The summed E-state index contributed by atoms with van der Waals surface area (Å²) in [5, 5.41) is 3.60. The van der Waals surface area contributed by atoms with Gasteiger partial charge in [-0.25, -0.2) is 0 Å². The first kappa shape index (κ1) is 16.9. The predicted octanol–water partition coefficient (Wildman–Crippen LogP) is 2.90. The Balaban J connectivity index is 2.36. The van der Waals surface area contributed by atoms with Gasteiger partial charge < -0.3 is 15.0 Å². The van der Waals surface area contributed by atoms with Crippen LogP contribution in [0.15, 0.2) is 0 Å². The van der Waals surface area contributed by atoms with Gasteiger partial charge in [0.05, 0.1) is 6.61 Å². The molecular weight excluding hydrogens is 236 g/mol. The molecule has 0 radical (unpaired) electrons. The lowest BCUT2D eigenvalue weighted by molar-refractivity contribution is 0.0744. The molecule has 0 aromatic rings. The summed E-state index contributed by atoms with van der Waals surface area (Å²) in [7, 11) is 1.80. The van der Waals surface area contributed by atoms with Crippen molar-refractivity contribution in [3.63, 3.8) is 0 Å². The molecule has 3 nitrogen and oxygen atoms in total. The summed E-state index contributed by atoms with van der Waals surface area (Å²) in [4.78, 5) is 2.62. The van der Waals surface area contributed by atoms with Crippen molar-refractivity contribution in [3.8, 4) is 0 Å². The number of piperidine rings is 1. The third-order valence-electron chi connectivity index (χ3n) is 4.95. The summed E-state index contributed by atoms with van der Waals surface area (Å²) in [6.07, 6.45) is 6.61. The van der Waals surface area contributed by atoms with Crippen molar-refractivity contribution in [2.75, 3.05) is 39.9 Å². The molecule has 3 heteroatoms. The number of nitrogens with zero attached hydrogens (tertiary/aromatic N) is 1. The van der Waals surface area contributed by atoms with Crippen molar-refractivity contribution in [3.05, 3.63) is 0 Å². The molecule has 114 valence electrons. The number of hydrogen-bond acceptors (Lipinski definition) is 3. The number of ether oxygens (including phenoxy) is 1. The molecule has 1 aliphatic heterocycles. The highest BCUT2D eigenvalue weighted by atomic mass is 16.5. The highest BCUT2D eigenvalue weighted by Crippen LogP contribution is 2.37. The van der Waals surface area contributed by atoms with Gasteiger partial charge in [-0.05, 0) is 44.3 Å². The lowest BCUT2D eigenvalue weighted by Gasteiger charge is -2.42. The van der Waals surface area contributed by atoms with Crippen LogP contribution < -0.4 is 5.32 Å². The standard InChI is InChI=1S/C16H34N2O/c1-5-10-17-15(14-19-4)13-18-11-8-16(6-2,7-3)9-12-18/h15,17H,5-14H2,1-4H3. The molecule has 0 saturated carbocycles. The fourth-order valence-corrected chi connectivity index (χ4v) is 3.20. The number of hydrogen-bond donors (Lipinski definition) is 1. The Bertz CT molecular complexity index is 219. The van der Waals surface area contributed by atoms with Crippen LogP contribution in [0.3, 0.4) is 0 Å². The van der Waals surface area contributed by atoms with E-state index in [1.807, 2.05) is 0 Å². The topological polar surface area (TPSA) is 24.5 Å². The summed E-state index contributed by atoms with van der Waals surface area (Å²) in [6.45, 7) is 12.5. The second kappa shape index (κ2) is 8.93. The number of methoxy groups -OCH3 is 1. The van der Waals surface area contributed by atoms with E-state index in [0.717, 1.165) is 19.7 Å². The third-order valence-corrected chi connectivity index (χ3v) is 4.95. The summed E-state index contributed by atoms with van der Waals surface area (Å²) in [6, 6.07) is 0.487. The third kappa shape index (κ3) is 5.41. The number of nitrogens with one attached hydrogen (secondary N) is 1. The molecule has 0 spiro atoms. The maximum absolute atomic E-state index is 5.34. The van der Waals surface area contributed by atoms with Crippen LogP contribution in [0.25, 0.3) is 0 Å². The predicted molar refractivity (Wildman–Crippen MR) is 82.6 cm³/mol. The molecule has 1 N–H and O–H groups in total. The van der Waals surface area contributed by atoms with Gasteiger partial charge in [0.1, 0.15) is 0 Å². The Labute approximate surface area is 120 Å². The molecule has 0 aromatic carbocycles. The van der Waals surface area contributed by atoms with Crippen LogP contribution in [-0.4, -0.2) is 50.8 Å². The molecule has 0 amide bonds. The zero-order chi connectivity index (χ0) is 14.1. The Morgan fingerprint density at radius 2 is 1.79 bits per heavy atom. The van der Waals surface area contributed by atoms with Gasteiger partial charge in [-0.15, -0.1) is 0 Å². The lowest BCUT2D eigenvalue weighted by atomic mass is 9.74. The average molecular weight is 270 g/mol. The van der Waals surface area contributed by atoms with E-state index in [1.165, 1.54) is 45.2 Å². The van der Waals surface area contributed by atoms with Gasteiger partial charge in [0.2, 0.25) is 0 Å². The smallest absolute Gasteiger partial charge is 0.0628 e. The molecule has 1 unspecified atom stereocenters. The molecule has 1 aliphatic rings. The first-order valence-electron chi connectivity index (χ1n) is 8.14. The highest BCUT2D eigenvalue weighted by molar-refractivity contribution is 4.85. The molecule has 1 fully saturated rings. The van der Waals surface area contributed by atoms with Gasteiger partial charge >= 0.3 is 0 Å². The van der Waals surface area contributed by atoms with E-state index in [-0.39, 0.29) is 0 Å². The van der Waals surface area contributed by atoms with Gasteiger partial charge in [0.15, 0.2) is 0 Å². The number of rotatable bonds is 9. The van der Waals surface area contributed by atoms with Gasteiger partial charge in [-0.1, -0.05) is 33.6 Å². The summed E-state index contributed by atoms with van der Waals surface area (Å²) in [5.41, 5.74) is 0.629. The molecule has 1 rings (SSSR count). The van der Waals surface area contributed by atoms with Crippen LogP contribution in [0, 0.1) is 5.41 Å². The monoisotopic (exact) mass is 270 g/mol. The largest absolute Gasteiger partial charge is 0.383 e. The van der Waals surface area contributed by atoms with Crippen molar-refractivity contribution >= 4 is 0 Å². The van der Waals surface area contributed by atoms with Crippen LogP contribution in [0.2, 0.25) is 0 Å². The van der Waals surface area contributed by atoms with Gasteiger partial charge in [0.25, 0.3) is 0 Å². The minimum absolute atomic E-state index is 0.487. The molecule has 1 atom stereocenters. The minimum atomic E-state index is 0.487. The molecule has 19 heavy (non-hydrogen) atoms. The minimum Gasteiger partial charge on any atom is -0.383 e. The Kier molecular flexibility index (Phi) is 7.96. The molecule has 0 aliphatic carbocycles. The molecule has 1 heterocycles. The van der Waals surface area contributed by atoms with E-state index in [2.05, 4.69) is 31.0 Å². The average Bonchev–Trinajstić information content (AvgIpc) is 2.46. The van der Waals surface area contributed by atoms with Crippen molar-refractivity contribution in [2.24, 2.45) is 5.41 Å². The van der Waals surface area contributed by atoms with Crippen molar-refractivity contribution in [1.29, 1.82) is 0 Å². The van der Waals surface area contributed by atoms with Gasteiger partial charge in [-0.2, -0.15) is 0 Å². The summed E-state index contributed by atoms with van der Waals surface area (Å²) in [5.74, 6) is 0. The van der Waals surface area contributed by atoms with E-state index < -0.39 is 0 Å². The molecule has 0 aromatic heterocycles. The maximum atomic E-state index is 5.34. The van der Waals surface area contributed by atoms with Crippen LogP contribution in [0.5, 0.6) is 0 Å². The normalized spacial score (nSPS) is 21.5. The van der Waals surface area contributed by atoms with Crippen LogP contribution in [0.1, 0.15) is 52.9 Å². The van der Waals surface area contributed by atoms with Crippen LogP contribution in [-0.2, 0) is 4.74 Å². The first-order valence-corrected chi connectivity index (χ1v) is 8.14. The second-order valence-corrected chi connectivity index (χ2v) is 6.11. The van der Waals surface area contributed by atoms with Crippen molar-refractivity contribution in [2.45, 2.75) is 58.9 Å². The molecule has 1 saturated heterocycles. The van der Waals surface area contributed by atoms with E-state index in [9.17, 15) is 0 Å². The fourth-order valence-electron chi connectivity index (χ4n) is 3.20. The van der Waals surface area contributed by atoms with E-state index >= 15 is 0 Å². The summed E-state index contributed by atoms with van der Waals surface area (Å²) >= 11 is 0. The fraction of sp³-hybridized carbons (Fsp3) is 1.00. The van der Waals surface area contributed by atoms with Gasteiger partial charge in [-0.3, -0.25) is 0 Å². The zero-order valence-electron chi connectivity index (χ0n) is 13.5. The molecule has 0 bridgehead atoms. The quantitative estimate of drug-likeness (QED) is 0.697.